The summed E-state index contributed by atoms with van der Waals surface area (Å²) in [7, 11) is 0. The van der Waals surface area contributed by atoms with E-state index in [2.05, 4.69) is 20.9 Å². The van der Waals surface area contributed by atoms with E-state index >= 15 is 0 Å². The van der Waals surface area contributed by atoms with Crippen molar-refractivity contribution in [1.29, 1.82) is 0 Å². The van der Waals surface area contributed by atoms with Gasteiger partial charge in [0.2, 0.25) is 0 Å². The quantitative estimate of drug-likeness (QED) is 0.633. The highest BCUT2D eigenvalue weighted by molar-refractivity contribution is 9.10. The maximum atomic E-state index is 13.8. The molecule has 0 N–H and O–H groups in total. The SMILES string of the molecule is Cc1cnccc1C(=O)Cc1c(F)ccc(Br)c1F. The number of aromatic nitrogens is 1. The molecule has 98 valence electrons. The smallest absolute Gasteiger partial charge is 0.167 e. The Hall–Kier alpha value is -1.62. The second kappa shape index (κ2) is 5.57. The molecular weight excluding hydrogens is 316 g/mol. The predicted octanol–water partition coefficient (Wildman–Crippen LogP) is 3.86. The minimum absolute atomic E-state index is 0.142. The van der Waals surface area contributed by atoms with Crippen molar-refractivity contribution in [3.63, 3.8) is 0 Å². The van der Waals surface area contributed by atoms with Crippen LogP contribution in [0.25, 0.3) is 0 Å². The summed E-state index contributed by atoms with van der Waals surface area (Å²) in [6, 6.07) is 3.96. The van der Waals surface area contributed by atoms with Gasteiger partial charge in [-0.1, -0.05) is 0 Å². The van der Waals surface area contributed by atoms with Crippen LogP contribution in [0.4, 0.5) is 8.78 Å². The lowest BCUT2D eigenvalue weighted by Gasteiger charge is -2.07. The zero-order valence-electron chi connectivity index (χ0n) is 10.1. The summed E-state index contributed by atoms with van der Waals surface area (Å²) in [5.41, 5.74) is 0.882. The molecule has 0 aliphatic carbocycles. The van der Waals surface area contributed by atoms with Gasteiger partial charge < -0.3 is 0 Å². The van der Waals surface area contributed by atoms with Gasteiger partial charge in [0, 0.05) is 29.9 Å². The summed E-state index contributed by atoms with van der Waals surface area (Å²) < 4.78 is 27.5. The van der Waals surface area contributed by atoms with Gasteiger partial charge in [-0.3, -0.25) is 9.78 Å². The first-order valence-corrected chi connectivity index (χ1v) is 6.36. The summed E-state index contributed by atoms with van der Waals surface area (Å²) in [4.78, 5) is 15.9. The van der Waals surface area contributed by atoms with Crippen LogP contribution in [0.2, 0.25) is 0 Å². The zero-order chi connectivity index (χ0) is 14.0. The Labute approximate surface area is 117 Å². The minimum atomic E-state index is -0.736. The monoisotopic (exact) mass is 325 g/mol. The van der Waals surface area contributed by atoms with E-state index in [-0.39, 0.29) is 22.2 Å². The predicted molar refractivity (Wildman–Crippen MR) is 71.1 cm³/mol. The van der Waals surface area contributed by atoms with Gasteiger partial charge >= 0.3 is 0 Å². The van der Waals surface area contributed by atoms with Crippen molar-refractivity contribution < 1.29 is 13.6 Å². The van der Waals surface area contributed by atoms with Crippen molar-refractivity contribution >= 4 is 21.7 Å². The summed E-state index contributed by atoms with van der Waals surface area (Å²) in [5.74, 6) is -1.79. The number of nitrogens with zero attached hydrogens (tertiary/aromatic N) is 1. The van der Waals surface area contributed by atoms with E-state index in [9.17, 15) is 13.6 Å². The molecule has 2 nitrogen and oxygen atoms in total. The number of aryl methyl sites for hydroxylation is 1. The van der Waals surface area contributed by atoms with Gasteiger partial charge in [0.15, 0.2) is 5.78 Å². The van der Waals surface area contributed by atoms with E-state index in [0.717, 1.165) is 6.07 Å². The molecule has 0 unspecified atom stereocenters. The lowest BCUT2D eigenvalue weighted by atomic mass is 10.0. The fourth-order valence-electron chi connectivity index (χ4n) is 1.77. The van der Waals surface area contributed by atoms with Crippen molar-refractivity contribution in [2.75, 3.05) is 0 Å². The third kappa shape index (κ3) is 2.87. The molecule has 2 rings (SSSR count). The molecule has 0 amide bonds. The number of ketones is 1. The number of benzene rings is 1. The first-order valence-electron chi connectivity index (χ1n) is 5.57. The Morgan fingerprint density at radius 1 is 1.32 bits per heavy atom. The number of carbonyl (C=O) groups excluding carboxylic acids is 1. The Morgan fingerprint density at radius 3 is 2.74 bits per heavy atom. The van der Waals surface area contributed by atoms with Crippen molar-refractivity contribution in [3.05, 3.63) is 63.4 Å². The Bertz CT molecular complexity index is 643. The Balaban J connectivity index is 2.35. The molecule has 0 fully saturated rings. The third-order valence-electron chi connectivity index (χ3n) is 2.80. The first-order chi connectivity index (χ1) is 9.00. The summed E-state index contributed by atoms with van der Waals surface area (Å²) in [5, 5.41) is 0. The zero-order valence-corrected chi connectivity index (χ0v) is 11.7. The normalized spacial score (nSPS) is 10.5. The van der Waals surface area contributed by atoms with Gasteiger partial charge in [0.25, 0.3) is 0 Å². The van der Waals surface area contributed by atoms with Crippen LogP contribution in [0.1, 0.15) is 21.5 Å². The van der Waals surface area contributed by atoms with Crippen LogP contribution < -0.4 is 0 Å². The molecule has 19 heavy (non-hydrogen) atoms. The molecule has 0 radical (unpaired) electrons. The largest absolute Gasteiger partial charge is 0.294 e. The molecule has 0 aliphatic heterocycles. The highest BCUT2D eigenvalue weighted by Gasteiger charge is 2.17. The molecule has 2 aromatic rings. The molecule has 0 spiro atoms. The van der Waals surface area contributed by atoms with E-state index in [1.165, 1.54) is 12.3 Å². The minimum Gasteiger partial charge on any atom is -0.294 e. The average Bonchev–Trinajstić information content (AvgIpc) is 2.39. The molecule has 5 heteroatoms. The van der Waals surface area contributed by atoms with E-state index in [1.54, 1.807) is 19.2 Å². The topological polar surface area (TPSA) is 30.0 Å². The van der Waals surface area contributed by atoms with Crippen molar-refractivity contribution in [2.24, 2.45) is 0 Å². The number of rotatable bonds is 3. The van der Waals surface area contributed by atoms with Crippen LogP contribution in [0.3, 0.4) is 0 Å². The lowest BCUT2D eigenvalue weighted by Crippen LogP contribution is -2.09. The van der Waals surface area contributed by atoms with Crippen molar-refractivity contribution in [1.82, 2.24) is 4.98 Å². The van der Waals surface area contributed by atoms with Gasteiger partial charge in [0.1, 0.15) is 11.6 Å². The highest BCUT2D eigenvalue weighted by atomic mass is 79.9. The lowest BCUT2D eigenvalue weighted by molar-refractivity contribution is 0.0990. The van der Waals surface area contributed by atoms with Gasteiger partial charge in [-0.15, -0.1) is 0 Å². The van der Waals surface area contributed by atoms with Crippen LogP contribution in [-0.2, 0) is 6.42 Å². The summed E-state index contributed by atoms with van der Waals surface area (Å²) in [6.07, 6.45) is 2.71. The van der Waals surface area contributed by atoms with E-state index in [1.807, 2.05) is 0 Å². The van der Waals surface area contributed by atoms with E-state index in [4.69, 9.17) is 0 Å². The summed E-state index contributed by atoms with van der Waals surface area (Å²) in [6.45, 7) is 1.73. The Kier molecular flexibility index (Phi) is 4.04. The second-order valence-corrected chi connectivity index (χ2v) is 4.97. The number of pyridine rings is 1. The maximum Gasteiger partial charge on any atom is 0.167 e. The standard InChI is InChI=1S/C14H10BrF2NO/c1-8-7-18-5-4-9(8)13(19)6-10-12(16)3-2-11(15)14(10)17/h2-5,7H,6H2,1H3. The fourth-order valence-corrected chi connectivity index (χ4v) is 2.14. The second-order valence-electron chi connectivity index (χ2n) is 4.11. The molecule has 1 heterocycles. The number of hydrogen-bond acceptors (Lipinski definition) is 2. The van der Waals surface area contributed by atoms with Crippen LogP contribution in [0.15, 0.2) is 35.1 Å². The number of Topliss-reactive ketones (excluding diaryl/α,β-unsaturated/α-hetero) is 1. The van der Waals surface area contributed by atoms with E-state index in [0.29, 0.717) is 11.1 Å². The molecule has 1 aromatic heterocycles. The number of halogens is 3. The molecule has 0 saturated carbocycles. The van der Waals surface area contributed by atoms with Crippen LogP contribution in [0, 0.1) is 18.6 Å². The molecule has 0 aliphatic rings. The van der Waals surface area contributed by atoms with E-state index < -0.39 is 11.6 Å². The van der Waals surface area contributed by atoms with Gasteiger partial charge in [0.05, 0.1) is 4.47 Å². The molecule has 0 atom stereocenters. The maximum absolute atomic E-state index is 13.8. The van der Waals surface area contributed by atoms with Crippen LogP contribution in [-0.4, -0.2) is 10.8 Å². The average molecular weight is 326 g/mol. The number of hydrogen-bond donors (Lipinski definition) is 0. The van der Waals surface area contributed by atoms with Crippen molar-refractivity contribution in [3.8, 4) is 0 Å². The summed E-state index contributed by atoms with van der Waals surface area (Å²) >= 11 is 2.98. The third-order valence-corrected chi connectivity index (χ3v) is 3.41. The first kappa shape index (κ1) is 13.8. The van der Waals surface area contributed by atoms with Gasteiger partial charge in [-0.25, -0.2) is 8.78 Å². The number of carbonyl (C=O) groups is 1. The highest BCUT2D eigenvalue weighted by Crippen LogP contribution is 2.23. The van der Waals surface area contributed by atoms with Gasteiger partial charge in [-0.05, 0) is 46.6 Å². The molecule has 0 saturated heterocycles. The van der Waals surface area contributed by atoms with Gasteiger partial charge in [-0.2, -0.15) is 0 Å². The van der Waals surface area contributed by atoms with Crippen LogP contribution in [0.5, 0.6) is 0 Å². The molecule has 0 bridgehead atoms. The molecule has 1 aromatic carbocycles. The molecular formula is C14H10BrF2NO. The Morgan fingerprint density at radius 2 is 2.05 bits per heavy atom. The van der Waals surface area contributed by atoms with Crippen molar-refractivity contribution in [2.45, 2.75) is 13.3 Å². The fraction of sp³-hybridized carbons (Fsp3) is 0.143. The van der Waals surface area contributed by atoms with Crippen LogP contribution >= 0.6 is 15.9 Å².